The lowest BCUT2D eigenvalue weighted by Crippen LogP contribution is -2.49. The van der Waals surface area contributed by atoms with Crippen molar-refractivity contribution < 1.29 is 33.7 Å². The molecule has 0 saturated carbocycles. The Morgan fingerprint density at radius 3 is 2.04 bits per heavy atom. The van der Waals surface area contributed by atoms with Crippen molar-refractivity contribution in [2.45, 2.75) is 36.5 Å². The number of amides is 3. The quantitative estimate of drug-likeness (QED) is 0.287. The minimum Gasteiger partial charge on any atom is -0.493 e. The highest BCUT2D eigenvalue weighted by atomic mass is 35.5. The summed E-state index contributed by atoms with van der Waals surface area (Å²) in [6.07, 6.45) is 5.83. The zero-order valence-corrected chi connectivity index (χ0v) is 32.9. The molecule has 292 valence electrons. The van der Waals surface area contributed by atoms with Crippen LogP contribution >= 0.6 is 23.2 Å². The van der Waals surface area contributed by atoms with E-state index in [-0.39, 0.29) is 17.4 Å². The molecule has 0 spiro atoms. The van der Waals surface area contributed by atoms with Crippen LogP contribution in [0.4, 0.5) is 4.79 Å². The number of ether oxygens (including phenoxy) is 3. The second-order valence-corrected chi connectivity index (χ2v) is 15.0. The Labute approximate surface area is 326 Å². The summed E-state index contributed by atoms with van der Waals surface area (Å²) in [5.74, 6) is 0.314. The number of aromatic nitrogens is 1. The first-order chi connectivity index (χ1) is 25.9. The number of carbonyl (C=O) groups excluding carboxylic acids is 2. The summed E-state index contributed by atoms with van der Waals surface area (Å²) in [6, 6.07) is 12.4. The highest BCUT2D eigenvalue weighted by Crippen LogP contribution is 2.43. The molecule has 0 bridgehead atoms. The van der Waals surface area contributed by atoms with Gasteiger partial charge in [-0.1, -0.05) is 35.3 Å². The highest BCUT2D eigenvalue weighted by molar-refractivity contribution is 6.42. The smallest absolute Gasteiger partial charge is 0.314 e. The molecule has 3 N–H and O–H groups in total. The van der Waals surface area contributed by atoms with E-state index in [4.69, 9.17) is 43.1 Å². The molecule has 3 saturated heterocycles. The number of methoxy groups -OCH3 is 3. The zero-order valence-electron chi connectivity index (χ0n) is 31.4. The molecule has 3 aliphatic rings. The predicted octanol–water partition coefficient (Wildman–Crippen LogP) is 5.02. The first kappa shape index (κ1) is 40.9. The van der Waals surface area contributed by atoms with Crippen molar-refractivity contribution in [1.29, 1.82) is 0 Å². The minimum absolute atomic E-state index is 0.133. The summed E-state index contributed by atoms with van der Waals surface area (Å²) < 4.78 is 16.4. The molecule has 1 atom stereocenters. The number of piperidine rings is 1. The Hall–Kier alpha value is -4.30. The number of rotatable bonds is 10. The van der Waals surface area contributed by atoms with E-state index in [1.165, 1.54) is 21.3 Å². The van der Waals surface area contributed by atoms with Crippen LogP contribution < -0.4 is 19.9 Å². The van der Waals surface area contributed by atoms with Crippen LogP contribution in [0.3, 0.4) is 0 Å². The number of hydrogen-bond acceptors (Lipinski definition) is 9. The number of urea groups is 1. The largest absolute Gasteiger partial charge is 0.493 e. The Bertz CT molecular complexity index is 1760. The average Bonchev–Trinajstić information content (AvgIpc) is 3.63. The molecule has 3 aromatic rings. The molecule has 3 amide bonds. The number of carboxylic acids is 1. The standard InChI is InChI=1S/C33H37Cl2N3O6.C6H13N3O/c1-42-27-17-22(18-28(43-2)29(27)44-3)30(39)38-16-9-32(21-38,23-6-7-25(34)26(35)19-23)8-13-37-14-10-33(11-15-37,31(40)41)24-5-4-12-36-20-24;1-8-2-4-9(5-3-8)6(7)10/h4-7,12,17-20H,8-11,13-16,21H2,1-3H3,(H,40,41);2-5H2,1H3,(H2,7,10). The molecule has 54 heavy (non-hydrogen) atoms. The van der Waals surface area contributed by atoms with Crippen LogP contribution in [0, 0.1) is 0 Å². The topological polar surface area (TPSA) is 151 Å². The number of pyridine rings is 1. The lowest BCUT2D eigenvalue weighted by atomic mass is 9.73. The van der Waals surface area contributed by atoms with Gasteiger partial charge in [0, 0.05) is 62.6 Å². The van der Waals surface area contributed by atoms with Crippen molar-refractivity contribution in [3.63, 3.8) is 0 Å². The van der Waals surface area contributed by atoms with Crippen molar-refractivity contribution in [2.75, 3.05) is 87.3 Å². The molecule has 15 heteroatoms. The normalized spacial score (nSPS) is 20.1. The number of likely N-dealkylation sites (tertiary alicyclic amines) is 2. The van der Waals surface area contributed by atoms with E-state index in [9.17, 15) is 19.5 Å². The van der Waals surface area contributed by atoms with E-state index in [1.54, 1.807) is 41.6 Å². The molecule has 1 aromatic heterocycles. The zero-order chi connectivity index (χ0) is 39.0. The molecule has 13 nitrogen and oxygen atoms in total. The molecule has 0 aliphatic carbocycles. The molecule has 3 fully saturated rings. The Balaban J connectivity index is 0.000000486. The number of carboxylic acid groups (broad SMARTS) is 1. The van der Waals surface area contributed by atoms with Crippen LogP contribution in [0.2, 0.25) is 10.0 Å². The molecular weight excluding hydrogens is 735 g/mol. The number of hydrogen-bond donors (Lipinski definition) is 2. The lowest BCUT2D eigenvalue weighted by molar-refractivity contribution is -0.146. The number of aliphatic carboxylic acids is 1. The number of nitrogens with zero attached hydrogens (tertiary/aromatic N) is 5. The third-order valence-corrected chi connectivity index (χ3v) is 11.9. The molecule has 3 aliphatic heterocycles. The summed E-state index contributed by atoms with van der Waals surface area (Å²) in [6.45, 7) is 6.49. The first-order valence-electron chi connectivity index (χ1n) is 18.0. The van der Waals surface area contributed by atoms with E-state index >= 15 is 0 Å². The minimum atomic E-state index is -0.941. The van der Waals surface area contributed by atoms with E-state index in [2.05, 4.69) is 14.8 Å². The van der Waals surface area contributed by atoms with Gasteiger partial charge in [0.25, 0.3) is 5.91 Å². The van der Waals surface area contributed by atoms with Crippen LogP contribution in [-0.4, -0.2) is 135 Å². The summed E-state index contributed by atoms with van der Waals surface area (Å²) in [5, 5.41) is 11.2. The van der Waals surface area contributed by atoms with Crippen LogP contribution in [0.1, 0.15) is 47.2 Å². The highest BCUT2D eigenvalue weighted by Gasteiger charge is 2.45. The molecule has 2 aromatic carbocycles. The number of piperazine rings is 1. The second-order valence-electron chi connectivity index (χ2n) is 14.1. The fourth-order valence-corrected chi connectivity index (χ4v) is 7.97. The van der Waals surface area contributed by atoms with Crippen molar-refractivity contribution in [2.24, 2.45) is 5.73 Å². The van der Waals surface area contributed by atoms with E-state index in [0.29, 0.717) is 71.9 Å². The van der Waals surface area contributed by atoms with Gasteiger partial charge in [-0.05, 0) is 93.8 Å². The van der Waals surface area contributed by atoms with E-state index in [1.807, 2.05) is 30.1 Å². The van der Waals surface area contributed by atoms with Gasteiger partial charge in [-0.25, -0.2) is 4.79 Å². The number of likely N-dealkylation sites (N-methyl/N-ethyl adjacent to an activating group) is 1. The fourth-order valence-electron chi connectivity index (χ4n) is 7.67. The number of carbonyl (C=O) groups is 3. The van der Waals surface area contributed by atoms with Gasteiger partial charge < -0.3 is 44.7 Å². The van der Waals surface area contributed by atoms with Gasteiger partial charge in [-0.2, -0.15) is 0 Å². The van der Waals surface area contributed by atoms with Gasteiger partial charge in [0.2, 0.25) is 5.75 Å². The van der Waals surface area contributed by atoms with Gasteiger partial charge in [0.05, 0.1) is 36.8 Å². The number of halogens is 2. The van der Waals surface area contributed by atoms with Crippen LogP contribution in [0.5, 0.6) is 17.2 Å². The maximum absolute atomic E-state index is 13.9. The van der Waals surface area contributed by atoms with Crippen molar-refractivity contribution in [3.8, 4) is 17.2 Å². The van der Waals surface area contributed by atoms with Crippen LogP contribution in [0.25, 0.3) is 0 Å². The Morgan fingerprint density at radius 1 is 0.833 bits per heavy atom. The summed E-state index contributed by atoms with van der Waals surface area (Å²) >= 11 is 12.8. The monoisotopic (exact) mass is 784 g/mol. The van der Waals surface area contributed by atoms with Gasteiger partial charge in [0.15, 0.2) is 11.5 Å². The maximum atomic E-state index is 13.9. The van der Waals surface area contributed by atoms with Crippen molar-refractivity contribution in [3.05, 3.63) is 81.6 Å². The molecule has 1 unspecified atom stereocenters. The molecular formula is C39H50Cl2N6O7. The van der Waals surface area contributed by atoms with Crippen LogP contribution in [0.15, 0.2) is 54.9 Å². The van der Waals surface area contributed by atoms with Gasteiger partial charge in [-0.15, -0.1) is 0 Å². The maximum Gasteiger partial charge on any atom is 0.314 e. The van der Waals surface area contributed by atoms with Gasteiger partial charge >= 0.3 is 12.0 Å². The van der Waals surface area contributed by atoms with E-state index in [0.717, 1.165) is 56.7 Å². The summed E-state index contributed by atoms with van der Waals surface area (Å²) in [7, 11) is 6.61. The SMILES string of the molecule is CN1CCN(C(N)=O)CC1.COc1cc(C(=O)N2CCC(CCN3CCC(C(=O)O)(c4cccnc4)CC3)(c3ccc(Cl)c(Cl)c3)C2)cc(OC)c1OC. The van der Waals surface area contributed by atoms with Gasteiger partial charge in [-0.3, -0.25) is 14.6 Å². The van der Waals surface area contributed by atoms with Gasteiger partial charge in [0.1, 0.15) is 0 Å². The summed E-state index contributed by atoms with van der Waals surface area (Å²) in [5.41, 5.74) is 5.99. The number of primary amides is 1. The Kier molecular flexibility index (Phi) is 13.5. The van der Waals surface area contributed by atoms with Crippen molar-refractivity contribution >= 4 is 41.1 Å². The molecule has 6 rings (SSSR count). The fraction of sp³-hybridized carbons (Fsp3) is 0.487. The van der Waals surface area contributed by atoms with Crippen LogP contribution in [-0.2, 0) is 15.6 Å². The average molecular weight is 786 g/mol. The lowest BCUT2D eigenvalue weighted by Gasteiger charge is -2.40. The predicted molar refractivity (Wildman–Crippen MR) is 207 cm³/mol. The van der Waals surface area contributed by atoms with E-state index < -0.39 is 11.4 Å². The van der Waals surface area contributed by atoms with Crippen molar-refractivity contribution in [1.82, 2.24) is 24.6 Å². The summed E-state index contributed by atoms with van der Waals surface area (Å²) in [4.78, 5) is 49.1. The molecule has 4 heterocycles. The second kappa shape index (κ2) is 17.9. The first-order valence-corrected chi connectivity index (χ1v) is 18.8. The molecule has 0 radical (unpaired) electrons. The number of benzene rings is 2. The number of nitrogens with two attached hydrogens (primary N) is 1. The Morgan fingerprint density at radius 2 is 1.50 bits per heavy atom. The third-order valence-electron chi connectivity index (χ3n) is 11.1. The third kappa shape index (κ3) is 8.97.